The van der Waals surface area contributed by atoms with E-state index in [9.17, 15) is 9.90 Å². The normalized spacial score (nSPS) is 13.6. The van der Waals surface area contributed by atoms with Crippen LogP contribution in [-0.4, -0.2) is 67.3 Å². The topological polar surface area (TPSA) is 62.2 Å². The number of ether oxygens (including phenoxy) is 2. The van der Waals surface area contributed by atoms with Crippen molar-refractivity contribution in [2.24, 2.45) is 0 Å². The highest BCUT2D eigenvalue weighted by Gasteiger charge is 2.20. The molecule has 102 valence electrons. The predicted molar refractivity (Wildman–Crippen MR) is 64.5 cm³/mol. The zero-order valence-corrected chi connectivity index (χ0v) is 11.6. The van der Waals surface area contributed by atoms with Crippen LogP contribution in [0.4, 0.5) is 4.79 Å². The molecule has 0 aliphatic heterocycles. The Bertz CT molecular complexity index is 240. The summed E-state index contributed by atoms with van der Waals surface area (Å²) in [4.78, 5) is 14.6. The molecule has 0 aromatic heterocycles. The van der Waals surface area contributed by atoms with Gasteiger partial charge in [-0.2, -0.15) is 0 Å². The van der Waals surface area contributed by atoms with Crippen molar-refractivity contribution in [2.45, 2.75) is 32.8 Å². The molecule has 0 aromatic rings. The first-order valence-corrected chi connectivity index (χ1v) is 5.52. The van der Waals surface area contributed by atoms with Crippen molar-refractivity contribution in [1.82, 2.24) is 9.80 Å². The van der Waals surface area contributed by atoms with Crippen LogP contribution in [0.15, 0.2) is 0 Å². The molecule has 1 amide bonds. The van der Waals surface area contributed by atoms with Crippen LogP contribution in [-0.2, 0) is 9.47 Å². The van der Waals surface area contributed by atoms with Crippen molar-refractivity contribution in [3.8, 4) is 0 Å². The molecular weight excluding hydrogens is 224 g/mol. The summed E-state index contributed by atoms with van der Waals surface area (Å²) in [5.74, 6) is 0. The number of methoxy groups -OCH3 is 1. The summed E-state index contributed by atoms with van der Waals surface area (Å²) >= 11 is 0. The van der Waals surface area contributed by atoms with E-state index < -0.39 is 12.0 Å². The lowest BCUT2D eigenvalue weighted by molar-refractivity contribution is -0.168. The van der Waals surface area contributed by atoms with Gasteiger partial charge >= 0.3 is 6.09 Å². The Morgan fingerprint density at radius 3 is 2.24 bits per heavy atom. The third kappa shape index (κ3) is 7.14. The Labute approximate surface area is 103 Å². The van der Waals surface area contributed by atoms with E-state index >= 15 is 0 Å². The van der Waals surface area contributed by atoms with Crippen LogP contribution >= 0.6 is 0 Å². The summed E-state index contributed by atoms with van der Waals surface area (Å²) in [7, 11) is 4.77. The van der Waals surface area contributed by atoms with E-state index in [0.29, 0.717) is 13.1 Å². The van der Waals surface area contributed by atoms with E-state index in [0.717, 1.165) is 0 Å². The van der Waals surface area contributed by atoms with E-state index in [4.69, 9.17) is 9.47 Å². The molecule has 0 saturated carbocycles. The molecule has 17 heavy (non-hydrogen) atoms. The van der Waals surface area contributed by atoms with E-state index in [-0.39, 0.29) is 6.09 Å². The second kappa shape index (κ2) is 6.78. The molecule has 0 rings (SSSR count). The number of rotatable bonds is 5. The average molecular weight is 248 g/mol. The number of likely N-dealkylation sites (N-methyl/N-ethyl adjacent to an activating group) is 2. The van der Waals surface area contributed by atoms with Gasteiger partial charge in [-0.1, -0.05) is 0 Å². The van der Waals surface area contributed by atoms with Crippen molar-refractivity contribution in [3.05, 3.63) is 0 Å². The first kappa shape index (κ1) is 16.1. The first-order valence-electron chi connectivity index (χ1n) is 5.52. The Kier molecular flexibility index (Phi) is 6.44. The van der Waals surface area contributed by atoms with Gasteiger partial charge in [-0.05, 0) is 27.8 Å². The van der Waals surface area contributed by atoms with Crippen LogP contribution in [0.1, 0.15) is 20.8 Å². The third-order valence-electron chi connectivity index (χ3n) is 2.08. The minimum atomic E-state index is -0.956. The van der Waals surface area contributed by atoms with Crippen molar-refractivity contribution < 1.29 is 19.4 Å². The largest absolute Gasteiger partial charge is 0.444 e. The molecule has 0 aromatic carbocycles. The second-order valence-corrected chi connectivity index (χ2v) is 4.94. The molecule has 1 N–H and O–H groups in total. The molecule has 0 aliphatic rings. The number of carbonyl (C=O) groups is 1. The highest BCUT2D eigenvalue weighted by Crippen LogP contribution is 2.08. The van der Waals surface area contributed by atoms with Crippen LogP contribution in [0.2, 0.25) is 0 Å². The molecule has 6 heteroatoms. The Morgan fingerprint density at radius 1 is 1.29 bits per heavy atom. The van der Waals surface area contributed by atoms with Gasteiger partial charge in [0.1, 0.15) is 5.60 Å². The van der Waals surface area contributed by atoms with Gasteiger partial charge in [-0.3, -0.25) is 4.90 Å². The SMILES string of the molecule is COC(O)N(C)CCN(C)C(=O)OC(C)(C)C. The number of aliphatic hydroxyl groups excluding tert-OH is 1. The fourth-order valence-electron chi connectivity index (χ4n) is 1.03. The van der Waals surface area contributed by atoms with Crippen molar-refractivity contribution >= 4 is 6.09 Å². The fourth-order valence-corrected chi connectivity index (χ4v) is 1.03. The second-order valence-electron chi connectivity index (χ2n) is 4.94. The van der Waals surface area contributed by atoms with Crippen LogP contribution in [0, 0.1) is 0 Å². The maximum Gasteiger partial charge on any atom is 0.410 e. The standard InChI is InChI=1S/C11H24N2O4/c1-11(2,3)17-10(15)13(5)8-7-12(4)9(14)16-6/h9,14H,7-8H2,1-6H3. The molecule has 0 spiro atoms. The average Bonchev–Trinajstić information content (AvgIpc) is 2.21. The van der Waals surface area contributed by atoms with Crippen LogP contribution in [0.5, 0.6) is 0 Å². The number of carbonyl (C=O) groups excluding carboxylic acids is 1. The van der Waals surface area contributed by atoms with Crippen molar-refractivity contribution in [2.75, 3.05) is 34.3 Å². The Hall–Kier alpha value is -0.850. The van der Waals surface area contributed by atoms with Gasteiger partial charge in [-0.25, -0.2) is 4.79 Å². The molecule has 0 heterocycles. The monoisotopic (exact) mass is 248 g/mol. The smallest absolute Gasteiger partial charge is 0.410 e. The predicted octanol–water partition coefficient (Wildman–Crippen LogP) is 0.707. The van der Waals surface area contributed by atoms with Crippen LogP contribution in [0.25, 0.3) is 0 Å². The number of aliphatic hydroxyl groups is 1. The summed E-state index contributed by atoms with van der Waals surface area (Å²) in [6.45, 7) is 6.40. The summed E-state index contributed by atoms with van der Waals surface area (Å²) in [5, 5.41) is 9.33. The summed E-state index contributed by atoms with van der Waals surface area (Å²) in [6.07, 6.45) is -1.33. The Morgan fingerprint density at radius 2 is 1.82 bits per heavy atom. The Balaban J connectivity index is 4.01. The molecule has 0 radical (unpaired) electrons. The van der Waals surface area contributed by atoms with E-state index in [1.165, 1.54) is 12.0 Å². The summed E-state index contributed by atoms with van der Waals surface area (Å²) in [6, 6.07) is 0. The lowest BCUT2D eigenvalue weighted by atomic mass is 10.2. The molecule has 0 saturated heterocycles. The van der Waals surface area contributed by atoms with Gasteiger partial charge < -0.3 is 19.5 Å². The lowest BCUT2D eigenvalue weighted by Gasteiger charge is -2.27. The summed E-state index contributed by atoms with van der Waals surface area (Å²) in [5.41, 5.74) is -0.497. The zero-order chi connectivity index (χ0) is 13.6. The molecule has 0 bridgehead atoms. The van der Waals surface area contributed by atoms with Gasteiger partial charge in [0.15, 0.2) is 0 Å². The first-order chi connectivity index (χ1) is 7.67. The van der Waals surface area contributed by atoms with Gasteiger partial charge in [0, 0.05) is 27.2 Å². The third-order valence-corrected chi connectivity index (χ3v) is 2.08. The van der Waals surface area contributed by atoms with Crippen molar-refractivity contribution in [1.29, 1.82) is 0 Å². The number of nitrogens with zero attached hydrogens (tertiary/aromatic N) is 2. The zero-order valence-electron chi connectivity index (χ0n) is 11.6. The van der Waals surface area contributed by atoms with Crippen LogP contribution in [0.3, 0.4) is 0 Å². The molecular formula is C11H24N2O4. The van der Waals surface area contributed by atoms with Gasteiger partial charge in [0.2, 0.25) is 6.41 Å². The minimum Gasteiger partial charge on any atom is -0.444 e. The van der Waals surface area contributed by atoms with Crippen LogP contribution < -0.4 is 0 Å². The highest BCUT2D eigenvalue weighted by atomic mass is 16.6. The van der Waals surface area contributed by atoms with Crippen molar-refractivity contribution in [3.63, 3.8) is 0 Å². The van der Waals surface area contributed by atoms with Gasteiger partial charge in [0.05, 0.1) is 0 Å². The van der Waals surface area contributed by atoms with Gasteiger partial charge in [0.25, 0.3) is 0 Å². The maximum absolute atomic E-state index is 11.6. The van der Waals surface area contributed by atoms with E-state index in [1.807, 2.05) is 20.8 Å². The van der Waals surface area contributed by atoms with E-state index in [2.05, 4.69) is 0 Å². The molecule has 0 fully saturated rings. The van der Waals surface area contributed by atoms with Gasteiger partial charge in [-0.15, -0.1) is 0 Å². The highest BCUT2D eigenvalue weighted by molar-refractivity contribution is 5.67. The fraction of sp³-hybridized carbons (Fsp3) is 0.909. The molecule has 6 nitrogen and oxygen atoms in total. The number of amides is 1. The molecule has 0 aliphatic carbocycles. The quantitative estimate of drug-likeness (QED) is 0.726. The van der Waals surface area contributed by atoms with E-state index in [1.54, 1.807) is 19.0 Å². The minimum absolute atomic E-state index is 0.377. The number of hydrogen-bond donors (Lipinski definition) is 1. The molecule has 1 atom stereocenters. The lowest BCUT2D eigenvalue weighted by Crippen LogP contribution is -2.41. The molecule has 1 unspecified atom stereocenters. The maximum atomic E-state index is 11.6. The number of hydrogen-bond acceptors (Lipinski definition) is 5. The summed E-state index contributed by atoms with van der Waals surface area (Å²) < 4.78 is 9.93.